The molecule has 0 spiro atoms. The molecular weight excluding hydrogens is 166 g/mol. The van der Waals surface area contributed by atoms with Crippen molar-refractivity contribution in [2.45, 2.75) is 31.9 Å². The molecule has 0 radical (unpaired) electrons. The fourth-order valence-electron chi connectivity index (χ4n) is 1.66. The van der Waals surface area contributed by atoms with E-state index in [1.165, 1.54) is 12.8 Å². The van der Waals surface area contributed by atoms with E-state index in [0.717, 1.165) is 19.6 Å². The first-order valence-corrected chi connectivity index (χ1v) is 4.73. The van der Waals surface area contributed by atoms with Gasteiger partial charge in [0.15, 0.2) is 0 Å². The van der Waals surface area contributed by atoms with Gasteiger partial charge in [-0.05, 0) is 19.3 Å². The van der Waals surface area contributed by atoms with Crippen LogP contribution in [0.4, 0.5) is 5.82 Å². The van der Waals surface area contributed by atoms with Crippen molar-refractivity contribution in [1.82, 2.24) is 9.55 Å². The van der Waals surface area contributed by atoms with Crippen LogP contribution in [-0.2, 0) is 11.3 Å². The number of aromatic nitrogens is 2. The molecule has 0 aliphatic carbocycles. The standard InChI is InChI=1S/C9H15N3O/c10-9-6-12(7-11-9)5-8-3-1-2-4-13-8/h6-8H,1-5,10H2. The zero-order chi connectivity index (χ0) is 9.10. The molecule has 1 unspecified atom stereocenters. The first-order chi connectivity index (χ1) is 6.34. The van der Waals surface area contributed by atoms with Gasteiger partial charge in [0.25, 0.3) is 0 Å². The Hall–Kier alpha value is -1.03. The summed E-state index contributed by atoms with van der Waals surface area (Å²) in [6, 6.07) is 0. The normalized spacial score (nSPS) is 23.2. The average molecular weight is 181 g/mol. The van der Waals surface area contributed by atoms with E-state index in [1.54, 1.807) is 6.33 Å². The van der Waals surface area contributed by atoms with Gasteiger partial charge < -0.3 is 15.0 Å². The molecule has 1 atom stereocenters. The molecule has 0 aromatic carbocycles. The summed E-state index contributed by atoms with van der Waals surface area (Å²) in [5.41, 5.74) is 5.51. The van der Waals surface area contributed by atoms with Crippen LogP contribution in [0.5, 0.6) is 0 Å². The Labute approximate surface area is 77.7 Å². The highest BCUT2D eigenvalue weighted by Crippen LogP contribution is 2.14. The molecule has 2 rings (SSSR count). The van der Waals surface area contributed by atoms with E-state index in [9.17, 15) is 0 Å². The van der Waals surface area contributed by atoms with Crippen molar-refractivity contribution in [3.63, 3.8) is 0 Å². The highest BCUT2D eigenvalue weighted by atomic mass is 16.5. The Morgan fingerprint density at radius 3 is 3.15 bits per heavy atom. The molecule has 13 heavy (non-hydrogen) atoms. The van der Waals surface area contributed by atoms with Crippen LogP contribution in [0.15, 0.2) is 12.5 Å². The average Bonchev–Trinajstić information content (AvgIpc) is 2.53. The largest absolute Gasteiger partial charge is 0.382 e. The lowest BCUT2D eigenvalue weighted by atomic mass is 10.1. The molecular formula is C9H15N3O. The Morgan fingerprint density at radius 2 is 2.54 bits per heavy atom. The summed E-state index contributed by atoms with van der Waals surface area (Å²) < 4.78 is 7.59. The Morgan fingerprint density at radius 1 is 1.62 bits per heavy atom. The van der Waals surface area contributed by atoms with Crippen molar-refractivity contribution in [3.8, 4) is 0 Å². The predicted octanol–water partition coefficient (Wildman–Crippen LogP) is 1.03. The van der Waals surface area contributed by atoms with E-state index >= 15 is 0 Å². The third-order valence-corrected chi connectivity index (χ3v) is 2.34. The van der Waals surface area contributed by atoms with Crippen molar-refractivity contribution >= 4 is 5.82 Å². The number of hydrogen-bond acceptors (Lipinski definition) is 3. The summed E-state index contributed by atoms with van der Waals surface area (Å²) in [5, 5.41) is 0. The molecule has 0 saturated carbocycles. The van der Waals surface area contributed by atoms with Crippen molar-refractivity contribution in [2.75, 3.05) is 12.3 Å². The van der Waals surface area contributed by atoms with Gasteiger partial charge in [0.2, 0.25) is 0 Å². The van der Waals surface area contributed by atoms with Crippen LogP contribution in [0.3, 0.4) is 0 Å². The van der Waals surface area contributed by atoms with E-state index in [1.807, 2.05) is 10.8 Å². The lowest BCUT2D eigenvalue weighted by molar-refractivity contribution is 0.00599. The fourth-order valence-corrected chi connectivity index (χ4v) is 1.66. The van der Waals surface area contributed by atoms with Gasteiger partial charge >= 0.3 is 0 Å². The zero-order valence-corrected chi connectivity index (χ0v) is 7.65. The van der Waals surface area contributed by atoms with Gasteiger partial charge in [-0.3, -0.25) is 0 Å². The van der Waals surface area contributed by atoms with Gasteiger partial charge in [-0.2, -0.15) is 0 Å². The molecule has 2 heterocycles. The van der Waals surface area contributed by atoms with Crippen LogP contribution in [0.1, 0.15) is 19.3 Å². The molecule has 0 amide bonds. The highest BCUT2D eigenvalue weighted by molar-refractivity contribution is 5.22. The number of nitrogens with zero attached hydrogens (tertiary/aromatic N) is 2. The van der Waals surface area contributed by atoms with Crippen LogP contribution in [0.25, 0.3) is 0 Å². The minimum atomic E-state index is 0.349. The Bertz CT molecular complexity index is 266. The third-order valence-electron chi connectivity index (χ3n) is 2.34. The maximum atomic E-state index is 5.60. The SMILES string of the molecule is Nc1cn(CC2CCCCO2)cn1. The van der Waals surface area contributed by atoms with Crippen LogP contribution in [0.2, 0.25) is 0 Å². The number of ether oxygens (including phenoxy) is 1. The van der Waals surface area contributed by atoms with Gasteiger partial charge in [-0.1, -0.05) is 0 Å². The summed E-state index contributed by atoms with van der Waals surface area (Å²) >= 11 is 0. The number of rotatable bonds is 2. The summed E-state index contributed by atoms with van der Waals surface area (Å²) in [6.07, 6.45) is 7.57. The molecule has 1 fully saturated rings. The topological polar surface area (TPSA) is 53.1 Å². The monoisotopic (exact) mass is 181 g/mol. The minimum absolute atomic E-state index is 0.349. The maximum Gasteiger partial charge on any atom is 0.141 e. The van der Waals surface area contributed by atoms with Crippen molar-refractivity contribution in [1.29, 1.82) is 0 Å². The summed E-state index contributed by atoms with van der Waals surface area (Å²) in [5.74, 6) is 0.579. The predicted molar refractivity (Wildman–Crippen MR) is 50.2 cm³/mol. The third kappa shape index (κ3) is 2.21. The van der Waals surface area contributed by atoms with Crippen molar-refractivity contribution < 1.29 is 4.74 Å². The van der Waals surface area contributed by atoms with E-state index in [0.29, 0.717) is 11.9 Å². The quantitative estimate of drug-likeness (QED) is 0.741. The van der Waals surface area contributed by atoms with Crippen LogP contribution >= 0.6 is 0 Å². The van der Waals surface area contributed by atoms with Gasteiger partial charge in [-0.25, -0.2) is 4.98 Å². The molecule has 4 heteroatoms. The molecule has 72 valence electrons. The van der Waals surface area contributed by atoms with E-state index in [4.69, 9.17) is 10.5 Å². The van der Waals surface area contributed by atoms with E-state index in [2.05, 4.69) is 4.98 Å². The molecule has 1 aromatic rings. The van der Waals surface area contributed by atoms with Crippen molar-refractivity contribution in [3.05, 3.63) is 12.5 Å². The van der Waals surface area contributed by atoms with E-state index < -0.39 is 0 Å². The first kappa shape index (κ1) is 8.56. The summed E-state index contributed by atoms with van der Waals surface area (Å²) in [6.45, 7) is 1.78. The number of nitrogen functional groups attached to an aromatic ring is 1. The molecule has 1 aliphatic rings. The second kappa shape index (κ2) is 3.79. The van der Waals surface area contributed by atoms with E-state index in [-0.39, 0.29) is 0 Å². The number of anilines is 1. The second-order valence-corrected chi connectivity index (χ2v) is 3.48. The molecule has 2 N–H and O–H groups in total. The molecule has 1 saturated heterocycles. The molecule has 4 nitrogen and oxygen atoms in total. The smallest absolute Gasteiger partial charge is 0.141 e. The summed E-state index contributed by atoms with van der Waals surface area (Å²) in [4.78, 5) is 3.97. The van der Waals surface area contributed by atoms with Gasteiger partial charge in [0.1, 0.15) is 5.82 Å². The van der Waals surface area contributed by atoms with Gasteiger partial charge in [-0.15, -0.1) is 0 Å². The van der Waals surface area contributed by atoms with Gasteiger partial charge in [0, 0.05) is 19.3 Å². The maximum absolute atomic E-state index is 5.60. The van der Waals surface area contributed by atoms with Crippen LogP contribution < -0.4 is 5.73 Å². The fraction of sp³-hybridized carbons (Fsp3) is 0.667. The second-order valence-electron chi connectivity index (χ2n) is 3.48. The molecule has 1 aromatic heterocycles. The number of imidazole rings is 1. The van der Waals surface area contributed by atoms with Gasteiger partial charge in [0.05, 0.1) is 12.4 Å². The van der Waals surface area contributed by atoms with Crippen LogP contribution in [0, 0.1) is 0 Å². The lowest BCUT2D eigenvalue weighted by Gasteiger charge is -2.22. The summed E-state index contributed by atoms with van der Waals surface area (Å²) in [7, 11) is 0. The Balaban J connectivity index is 1.89. The van der Waals surface area contributed by atoms with Crippen LogP contribution in [-0.4, -0.2) is 22.3 Å². The highest BCUT2D eigenvalue weighted by Gasteiger charge is 2.13. The Kier molecular flexibility index (Phi) is 2.49. The first-order valence-electron chi connectivity index (χ1n) is 4.73. The minimum Gasteiger partial charge on any atom is -0.382 e. The van der Waals surface area contributed by atoms with Crippen molar-refractivity contribution in [2.24, 2.45) is 0 Å². The lowest BCUT2D eigenvalue weighted by Crippen LogP contribution is -2.23. The number of nitrogens with two attached hydrogens (primary N) is 1. The zero-order valence-electron chi connectivity index (χ0n) is 7.65. The molecule has 1 aliphatic heterocycles. The number of hydrogen-bond donors (Lipinski definition) is 1. The molecule has 0 bridgehead atoms.